The Kier molecular flexibility index (Phi) is 6.39. The zero-order valence-corrected chi connectivity index (χ0v) is 17.8. The topological polar surface area (TPSA) is 69.2 Å². The van der Waals surface area contributed by atoms with E-state index < -0.39 is 0 Å². The molecule has 2 fully saturated rings. The number of thiocarbonyl (C=S) groups is 1. The van der Waals surface area contributed by atoms with Crippen molar-refractivity contribution in [3.8, 4) is 0 Å². The summed E-state index contributed by atoms with van der Waals surface area (Å²) in [7, 11) is 0. The minimum Gasteiger partial charge on any atom is -0.358 e. The fourth-order valence-electron chi connectivity index (χ4n) is 3.98. The van der Waals surface area contributed by atoms with Crippen LogP contribution in [0.2, 0.25) is 0 Å². The molecule has 154 valence electrons. The van der Waals surface area contributed by atoms with Gasteiger partial charge in [0.25, 0.3) is 0 Å². The number of pyridine rings is 1. The lowest BCUT2D eigenvalue weighted by atomic mass is 10.0. The van der Waals surface area contributed by atoms with Gasteiger partial charge in [-0.1, -0.05) is 13.0 Å². The van der Waals surface area contributed by atoms with Crippen LogP contribution in [0.3, 0.4) is 0 Å². The van der Waals surface area contributed by atoms with E-state index >= 15 is 0 Å². The van der Waals surface area contributed by atoms with Crippen molar-refractivity contribution in [1.82, 2.24) is 20.3 Å². The summed E-state index contributed by atoms with van der Waals surface area (Å²) >= 11 is 5.48. The first kappa shape index (κ1) is 19.8. The average Bonchev–Trinajstić information content (AvgIpc) is 3.28. The van der Waals surface area contributed by atoms with Crippen LogP contribution in [0.25, 0.3) is 0 Å². The second kappa shape index (κ2) is 9.35. The summed E-state index contributed by atoms with van der Waals surface area (Å²) in [6, 6.07) is 6.07. The van der Waals surface area contributed by atoms with Crippen molar-refractivity contribution in [2.45, 2.75) is 39.2 Å². The molecule has 8 heteroatoms. The van der Waals surface area contributed by atoms with Gasteiger partial charge in [-0.3, -0.25) is 4.98 Å². The van der Waals surface area contributed by atoms with Gasteiger partial charge in [0.05, 0.1) is 0 Å². The van der Waals surface area contributed by atoms with Crippen molar-refractivity contribution in [1.29, 1.82) is 0 Å². The molecule has 0 amide bonds. The average molecular weight is 412 g/mol. The highest BCUT2D eigenvalue weighted by Gasteiger charge is 2.22. The van der Waals surface area contributed by atoms with Gasteiger partial charge >= 0.3 is 0 Å². The van der Waals surface area contributed by atoms with E-state index in [0.29, 0.717) is 23.5 Å². The van der Waals surface area contributed by atoms with Crippen LogP contribution in [0.15, 0.2) is 30.6 Å². The highest BCUT2D eigenvalue weighted by Crippen LogP contribution is 2.27. The zero-order chi connectivity index (χ0) is 20.1. The minimum atomic E-state index is 0.519. The van der Waals surface area contributed by atoms with Crippen molar-refractivity contribution < 1.29 is 0 Å². The van der Waals surface area contributed by atoms with Crippen LogP contribution < -0.4 is 20.4 Å². The molecule has 4 heterocycles. The van der Waals surface area contributed by atoms with E-state index in [1.807, 2.05) is 18.3 Å². The van der Waals surface area contributed by atoms with Crippen molar-refractivity contribution >= 4 is 34.9 Å². The normalized spacial score (nSPS) is 19.3. The highest BCUT2D eigenvalue weighted by atomic mass is 32.1. The van der Waals surface area contributed by atoms with Crippen molar-refractivity contribution in [2.24, 2.45) is 5.92 Å². The molecule has 2 aliphatic rings. The van der Waals surface area contributed by atoms with E-state index in [1.165, 1.54) is 25.7 Å². The summed E-state index contributed by atoms with van der Waals surface area (Å²) in [5.41, 5.74) is 1.08. The lowest BCUT2D eigenvalue weighted by Crippen LogP contribution is -2.35. The molecule has 0 bridgehead atoms. The lowest BCUT2D eigenvalue weighted by molar-refractivity contribution is 0.444. The molecule has 4 rings (SSSR count). The SMILES string of the molecule is CC1CCCN(c2cc(N3CCCC3)nc(NC(=S)NCc3cccnc3)n2)C1. The molecule has 2 aliphatic heterocycles. The van der Waals surface area contributed by atoms with Gasteiger partial charge in [0.2, 0.25) is 5.95 Å². The maximum Gasteiger partial charge on any atom is 0.232 e. The van der Waals surface area contributed by atoms with Crippen molar-refractivity contribution in [3.63, 3.8) is 0 Å². The second-order valence-electron chi connectivity index (χ2n) is 7.96. The van der Waals surface area contributed by atoms with E-state index in [4.69, 9.17) is 22.2 Å². The van der Waals surface area contributed by atoms with Gasteiger partial charge in [-0.25, -0.2) is 0 Å². The van der Waals surface area contributed by atoms with E-state index in [1.54, 1.807) is 6.20 Å². The molecule has 1 unspecified atom stereocenters. The molecule has 29 heavy (non-hydrogen) atoms. The Hall–Kier alpha value is -2.48. The Morgan fingerprint density at radius 2 is 1.90 bits per heavy atom. The van der Waals surface area contributed by atoms with Gasteiger partial charge in [0, 0.05) is 51.2 Å². The monoisotopic (exact) mass is 411 g/mol. The molecule has 2 aromatic heterocycles. The van der Waals surface area contributed by atoms with Crippen LogP contribution in [0.1, 0.15) is 38.2 Å². The third kappa shape index (κ3) is 5.32. The number of piperidine rings is 1. The van der Waals surface area contributed by atoms with Gasteiger partial charge in [-0.2, -0.15) is 9.97 Å². The predicted octanol–water partition coefficient (Wildman–Crippen LogP) is 3.19. The smallest absolute Gasteiger partial charge is 0.232 e. The summed E-state index contributed by atoms with van der Waals surface area (Å²) in [5.74, 6) is 3.23. The van der Waals surface area contributed by atoms with Crippen LogP contribution in [-0.4, -0.2) is 46.2 Å². The maximum absolute atomic E-state index is 5.48. The van der Waals surface area contributed by atoms with Crippen LogP contribution in [-0.2, 0) is 6.54 Å². The second-order valence-corrected chi connectivity index (χ2v) is 8.37. The van der Waals surface area contributed by atoms with Crippen LogP contribution in [0.5, 0.6) is 0 Å². The number of anilines is 3. The molecule has 2 saturated heterocycles. The summed E-state index contributed by atoms with van der Waals surface area (Å²) in [6.07, 6.45) is 8.52. The Morgan fingerprint density at radius 3 is 2.62 bits per heavy atom. The number of rotatable bonds is 5. The standard InChI is InChI=1S/C21H29N7S/c1-16-6-5-11-28(15-16)19-12-18(27-9-2-3-10-27)24-20(25-19)26-21(29)23-14-17-7-4-8-22-13-17/h4,7-8,12-13,16H,2-3,5-6,9-11,14-15H2,1H3,(H2,23,24,25,26,29). The quantitative estimate of drug-likeness (QED) is 0.727. The summed E-state index contributed by atoms with van der Waals surface area (Å²) < 4.78 is 0. The van der Waals surface area contributed by atoms with Gasteiger partial charge in [0.1, 0.15) is 11.6 Å². The predicted molar refractivity (Wildman–Crippen MR) is 121 cm³/mol. The maximum atomic E-state index is 5.48. The number of hydrogen-bond acceptors (Lipinski definition) is 6. The minimum absolute atomic E-state index is 0.519. The van der Waals surface area contributed by atoms with E-state index in [9.17, 15) is 0 Å². The summed E-state index contributed by atoms with van der Waals surface area (Å²) in [5, 5.41) is 6.93. The zero-order valence-electron chi connectivity index (χ0n) is 17.0. The number of nitrogens with one attached hydrogen (secondary N) is 2. The number of nitrogens with zero attached hydrogens (tertiary/aromatic N) is 5. The van der Waals surface area contributed by atoms with Crippen molar-refractivity contribution in [3.05, 3.63) is 36.2 Å². The molecule has 0 radical (unpaired) electrons. The largest absolute Gasteiger partial charge is 0.358 e. The molecular formula is C21H29N7S. The molecule has 0 spiro atoms. The van der Waals surface area contributed by atoms with Crippen molar-refractivity contribution in [2.75, 3.05) is 41.3 Å². The first-order valence-corrected chi connectivity index (χ1v) is 10.9. The molecular weight excluding hydrogens is 382 g/mol. The Bertz CT molecular complexity index is 823. The Labute approximate surface area is 177 Å². The van der Waals surface area contributed by atoms with Gasteiger partial charge < -0.3 is 20.4 Å². The molecule has 7 nitrogen and oxygen atoms in total. The van der Waals surface area contributed by atoms with E-state index in [-0.39, 0.29) is 0 Å². The Balaban J connectivity index is 1.49. The summed E-state index contributed by atoms with van der Waals surface area (Å²) in [6.45, 7) is 7.11. The third-order valence-corrected chi connectivity index (χ3v) is 5.76. The van der Waals surface area contributed by atoms with Crippen LogP contribution in [0, 0.1) is 5.92 Å². The van der Waals surface area contributed by atoms with E-state index in [0.717, 1.165) is 43.4 Å². The molecule has 0 aromatic carbocycles. The fourth-order valence-corrected chi connectivity index (χ4v) is 4.14. The molecule has 0 saturated carbocycles. The molecule has 0 aliphatic carbocycles. The van der Waals surface area contributed by atoms with E-state index in [2.05, 4.69) is 38.4 Å². The highest BCUT2D eigenvalue weighted by molar-refractivity contribution is 7.80. The Morgan fingerprint density at radius 1 is 1.14 bits per heavy atom. The first-order valence-electron chi connectivity index (χ1n) is 10.5. The molecule has 2 N–H and O–H groups in total. The van der Waals surface area contributed by atoms with Crippen LogP contribution in [0.4, 0.5) is 17.6 Å². The lowest BCUT2D eigenvalue weighted by Gasteiger charge is -2.32. The number of aromatic nitrogens is 3. The molecule has 2 aromatic rings. The van der Waals surface area contributed by atoms with Crippen LogP contribution >= 0.6 is 12.2 Å². The molecule has 1 atom stereocenters. The summed E-state index contributed by atoms with van der Waals surface area (Å²) in [4.78, 5) is 18.4. The van der Waals surface area contributed by atoms with Gasteiger partial charge in [-0.15, -0.1) is 0 Å². The van der Waals surface area contributed by atoms with Gasteiger partial charge in [0.15, 0.2) is 5.11 Å². The number of hydrogen-bond donors (Lipinski definition) is 2. The van der Waals surface area contributed by atoms with Gasteiger partial charge in [-0.05, 0) is 55.4 Å². The fraction of sp³-hybridized carbons (Fsp3) is 0.524. The first-order chi connectivity index (χ1) is 14.2. The third-order valence-electron chi connectivity index (χ3n) is 5.51.